The Morgan fingerprint density at radius 2 is 2.44 bits per heavy atom. The van der Waals surface area contributed by atoms with E-state index in [9.17, 15) is 4.79 Å². The normalized spacial score (nSPS) is 24.1. The molecule has 0 aromatic rings. The Hall–Kier alpha value is -0.650. The summed E-state index contributed by atoms with van der Waals surface area (Å²) in [5.41, 5.74) is 5.47. The molecule has 5 heteroatoms. The summed E-state index contributed by atoms with van der Waals surface area (Å²) in [5, 5.41) is 2.89. The first-order valence-corrected chi connectivity index (χ1v) is 5.88. The lowest BCUT2D eigenvalue weighted by molar-refractivity contribution is -0.123. The largest absolute Gasteiger partial charge is 0.374 e. The van der Waals surface area contributed by atoms with Crippen molar-refractivity contribution in [2.45, 2.75) is 19.4 Å². The standard InChI is InChI=1S/C11H23N3O2/c1-9(6-12)5-11(15)13-7-10-8-14(2)3-4-16-10/h9-10H,3-8,12H2,1-2H3,(H,13,15). The van der Waals surface area contributed by atoms with Crippen molar-refractivity contribution in [3.63, 3.8) is 0 Å². The van der Waals surface area contributed by atoms with Gasteiger partial charge >= 0.3 is 0 Å². The Morgan fingerprint density at radius 3 is 3.06 bits per heavy atom. The summed E-state index contributed by atoms with van der Waals surface area (Å²) in [6.45, 7) is 5.72. The second kappa shape index (κ2) is 6.83. The van der Waals surface area contributed by atoms with E-state index in [1.807, 2.05) is 6.92 Å². The number of nitrogens with two attached hydrogens (primary N) is 1. The van der Waals surface area contributed by atoms with Gasteiger partial charge < -0.3 is 20.7 Å². The van der Waals surface area contributed by atoms with Gasteiger partial charge in [0.25, 0.3) is 0 Å². The van der Waals surface area contributed by atoms with Gasteiger partial charge in [-0.1, -0.05) is 6.92 Å². The predicted octanol–water partition coefficient (Wildman–Crippen LogP) is -0.582. The van der Waals surface area contributed by atoms with Crippen molar-refractivity contribution in [1.29, 1.82) is 0 Å². The molecule has 1 aliphatic rings. The fourth-order valence-corrected chi connectivity index (χ4v) is 1.69. The molecule has 1 fully saturated rings. The van der Waals surface area contributed by atoms with Gasteiger partial charge in [0, 0.05) is 26.1 Å². The van der Waals surface area contributed by atoms with E-state index in [2.05, 4.69) is 17.3 Å². The zero-order valence-corrected chi connectivity index (χ0v) is 10.2. The third kappa shape index (κ3) is 4.92. The molecule has 1 saturated heterocycles. The Morgan fingerprint density at radius 1 is 1.69 bits per heavy atom. The Bertz CT molecular complexity index is 223. The van der Waals surface area contributed by atoms with Gasteiger partial charge in [-0.2, -0.15) is 0 Å². The van der Waals surface area contributed by atoms with Crippen molar-refractivity contribution in [2.75, 3.05) is 39.8 Å². The van der Waals surface area contributed by atoms with Gasteiger partial charge in [-0.3, -0.25) is 4.79 Å². The number of amides is 1. The molecule has 94 valence electrons. The number of morpholine rings is 1. The second-order valence-electron chi connectivity index (χ2n) is 4.60. The molecule has 0 saturated carbocycles. The van der Waals surface area contributed by atoms with Crippen molar-refractivity contribution >= 4 is 5.91 Å². The minimum atomic E-state index is 0.0646. The first-order valence-electron chi connectivity index (χ1n) is 5.88. The molecule has 5 nitrogen and oxygen atoms in total. The van der Waals surface area contributed by atoms with Crippen LogP contribution in [0.4, 0.5) is 0 Å². The molecule has 2 atom stereocenters. The van der Waals surface area contributed by atoms with Gasteiger partial charge in [-0.15, -0.1) is 0 Å². The van der Waals surface area contributed by atoms with E-state index in [-0.39, 0.29) is 17.9 Å². The highest BCUT2D eigenvalue weighted by Crippen LogP contribution is 2.02. The molecule has 1 aliphatic heterocycles. The van der Waals surface area contributed by atoms with Crippen LogP contribution < -0.4 is 11.1 Å². The highest BCUT2D eigenvalue weighted by molar-refractivity contribution is 5.76. The summed E-state index contributed by atoms with van der Waals surface area (Å²) >= 11 is 0. The topological polar surface area (TPSA) is 67.6 Å². The van der Waals surface area contributed by atoms with Crippen molar-refractivity contribution in [2.24, 2.45) is 11.7 Å². The monoisotopic (exact) mass is 229 g/mol. The van der Waals surface area contributed by atoms with Crippen LogP contribution in [0.1, 0.15) is 13.3 Å². The van der Waals surface area contributed by atoms with Gasteiger partial charge in [-0.25, -0.2) is 0 Å². The molecule has 0 spiro atoms. The summed E-state index contributed by atoms with van der Waals surface area (Å²) in [6.07, 6.45) is 0.620. The summed E-state index contributed by atoms with van der Waals surface area (Å²) in [4.78, 5) is 13.7. The van der Waals surface area contributed by atoms with Crippen LogP contribution in [0, 0.1) is 5.92 Å². The highest BCUT2D eigenvalue weighted by atomic mass is 16.5. The van der Waals surface area contributed by atoms with Crippen LogP contribution in [0.2, 0.25) is 0 Å². The van der Waals surface area contributed by atoms with Crippen molar-refractivity contribution in [1.82, 2.24) is 10.2 Å². The molecular formula is C11H23N3O2. The van der Waals surface area contributed by atoms with Gasteiger partial charge in [0.1, 0.15) is 0 Å². The fraction of sp³-hybridized carbons (Fsp3) is 0.909. The lowest BCUT2D eigenvalue weighted by Gasteiger charge is -2.30. The van der Waals surface area contributed by atoms with Crippen molar-refractivity contribution in [3.8, 4) is 0 Å². The third-order valence-electron chi connectivity index (χ3n) is 2.80. The van der Waals surface area contributed by atoms with E-state index in [0.717, 1.165) is 19.7 Å². The molecule has 0 radical (unpaired) electrons. The molecule has 1 rings (SSSR count). The van der Waals surface area contributed by atoms with Crippen LogP contribution in [-0.4, -0.2) is 56.7 Å². The molecule has 3 N–H and O–H groups in total. The maximum atomic E-state index is 11.5. The zero-order chi connectivity index (χ0) is 12.0. The highest BCUT2D eigenvalue weighted by Gasteiger charge is 2.18. The minimum Gasteiger partial charge on any atom is -0.374 e. The molecule has 1 amide bonds. The number of carbonyl (C=O) groups is 1. The Kier molecular flexibility index (Phi) is 5.73. The maximum Gasteiger partial charge on any atom is 0.220 e. The summed E-state index contributed by atoms with van der Waals surface area (Å²) in [7, 11) is 2.06. The molecule has 0 aromatic heterocycles. The molecule has 0 aromatic carbocycles. The number of ether oxygens (including phenoxy) is 1. The van der Waals surface area contributed by atoms with Crippen LogP contribution >= 0.6 is 0 Å². The summed E-state index contributed by atoms with van der Waals surface area (Å²) in [5.74, 6) is 0.310. The number of nitrogens with zero attached hydrogens (tertiary/aromatic N) is 1. The molecule has 1 heterocycles. The Labute approximate surface area is 97.3 Å². The molecule has 2 unspecified atom stereocenters. The second-order valence-corrected chi connectivity index (χ2v) is 4.60. The minimum absolute atomic E-state index is 0.0646. The number of carbonyl (C=O) groups excluding carboxylic acids is 1. The molecule has 16 heavy (non-hydrogen) atoms. The van der Waals surface area contributed by atoms with Crippen LogP contribution in [0.15, 0.2) is 0 Å². The number of likely N-dealkylation sites (N-methyl/N-ethyl adjacent to an activating group) is 1. The number of hydrogen-bond donors (Lipinski definition) is 2. The predicted molar refractivity (Wildman–Crippen MR) is 63.1 cm³/mol. The van der Waals surface area contributed by atoms with E-state index in [0.29, 0.717) is 19.5 Å². The van der Waals surface area contributed by atoms with Gasteiger partial charge in [0.05, 0.1) is 12.7 Å². The van der Waals surface area contributed by atoms with Gasteiger partial charge in [0.2, 0.25) is 5.91 Å². The van der Waals surface area contributed by atoms with Gasteiger partial charge in [0.15, 0.2) is 0 Å². The van der Waals surface area contributed by atoms with E-state index in [1.54, 1.807) is 0 Å². The van der Waals surface area contributed by atoms with Crippen LogP contribution in [0.3, 0.4) is 0 Å². The third-order valence-corrected chi connectivity index (χ3v) is 2.80. The number of nitrogens with one attached hydrogen (secondary N) is 1. The van der Waals surface area contributed by atoms with Crippen molar-refractivity contribution in [3.05, 3.63) is 0 Å². The van der Waals surface area contributed by atoms with E-state index >= 15 is 0 Å². The van der Waals surface area contributed by atoms with E-state index in [1.165, 1.54) is 0 Å². The smallest absolute Gasteiger partial charge is 0.220 e. The van der Waals surface area contributed by atoms with Gasteiger partial charge in [-0.05, 0) is 19.5 Å². The Balaban J connectivity index is 2.15. The molecule has 0 bridgehead atoms. The average molecular weight is 229 g/mol. The number of hydrogen-bond acceptors (Lipinski definition) is 4. The first-order chi connectivity index (χ1) is 7.61. The van der Waals surface area contributed by atoms with Crippen LogP contribution in [-0.2, 0) is 9.53 Å². The van der Waals surface area contributed by atoms with Crippen molar-refractivity contribution < 1.29 is 9.53 Å². The lowest BCUT2D eigenvalue weighted by Crippen LogP contribution is -2.46. The quantitative estimate of drug-likeness (QED) is 0.662. The van der Waals surface area contributed by atoms with Crippen LogP contribution in [0.5, 0.6) is 0 Å². The summed E-state index contributed by atoms with van der Waals surface area (Å²) in [6, 6.07) is 0. The molecular weight excluding hydrogens is 206 g/mol. The SMILES string of the molecule is CC(CN)CC(=O)NCC1CN(C)CCO1. The first kappa shape index (κ1) is 13.4. The average Bonchev–Trinajstić information content (AvgIpc) is 2.26. The zero-order valence-electron chi connectivity index (χ0n) is 10.2. The van der Waals surface area contributed by atoms with Crippen LogP contribution in [0.25, 0.3) is 0 Å². The molecule has 0 aliphatic carbocycles. The number of rotatable bonds is 5. The van der Waals surface area contributed by atoms with E-state index in [4.69, 9.17) is 10.5 Å². The fourth-order valence-electron chi connectivity index (χ4n) is 1.69. The maximum absolute atomic E-state index is 11.5. The lowest BCUT2D eigenvalue weighted by atomic mass is 10.1. The summed E-state index contributed by atoms with van der Waals surface area (Å²) < 4.78 is 5.55. The van der Waals surface area contributed by atoms with E-state index < -0.39 is 0 Å².